The Labute approximate surface area is 127 Å². The molecular weight excluding hydrogens is 266 g/mol. The maximum Gasteiger partial charge on any atom is 0.0110 e. The highest BCUT2D eigenvalue weighted by molar-refractivity contribution is 7.99. The molecule has 0 aromatic heterocycles. The quantitative estimate of drug-likeness (QED) is 0.774. The lowest BCUT2D eigenvalue weighted by Crippen LogP contribution is -2.46. The zero-order chi connectivity index (χ0) is 14.2. The van der Waals surface area contributed by atoms with E-state index in [0.29, 0.717) is 0 Å². The van der Waals surface area contributed by atoms with E-state index in [1.807, 2.05) is 11.8 Å². The van der Waals surface area contributed by atoms with Crippen molar-refractivity contribution in [3.63, 3.8) is 0 Å². The minimum Gasteiger partial charge on any atom is -0.314 e. The van der Waals surface area contributed by atoms with E-state index >= 15 is 0 Å². The van der Waals surface area contributed by atoms with Crippen LogP contribution in [0.25, 0.3) is 0 Å². The van der Waals surface area contributed by atoms with Crippen LogP contribution in [0.1, 0.15) is 5.56 Å². The summed E-state index contributed by atoms with van der Waals surface area (Å²) in [6.07, 6.45) is 0. The van der Waals surface area contributed by atoms with Gasteiger partial charge in [0.2, 0.25) is 0 Å². The lowest BCUT2D eigenvalue weighted by Gasteiger charge is -2.29. The van der Waals surface area contributed by atoms with Gasteiger partial charge in [-0.15, -0.1) is 11.8 Å². The Hall–Kier alpha value is -0.550. The van der Waals surface area contributed by atoms with Gasteiger partial charge in [-0.2, -0.15) is 0 Å². The monoisotopic (exact) mass is 293 g/mol. The zero-order valence-corrected chi connectivity index (χ0v) is 13.6. The van der Waals surface area contributed by atoms with E-state index in [1.165, 1.54) is 42.4 Å². The van der Waals surface area contributed by atoms with Crippen LogP contribution in [0.15, 0.2) is 29.2 Å². The summed E-state index contributed by atoms with van der Waals surface area (Å²) in [5.74, 6) is 1.17. The summed E-state index contributed by atoms with van der Waals surface area (Å²) in [6, 6.07) is 8.83. The summed E-state index contributed by atoms with van der Waals surface area (Å²) in [5.41, 5.74) is 1.34. The Morgan fingerprint density at radius 3 is 2.55 bits per heavy atom. The van der Waals surface area contributed by atoms with Gasteiger partial charge in [-0.1, -0.05) is 17.7 Å². The second kappa shape index (κ2) is 8.67. The van der Waals surface area contributed by atoms with Gasteiger partial charge in [-0.3, -0.25) is 4.90 Å². The molecule has 1 aromatic rings. The Kier molecular flexibility index (Phi) is 6.87. The van der Waals surface area contributed by atoms with E-state index in [1.54, 1.807) is 0 Å². The molecule has 0 bridgehead atoms. The van der Waals surface area contributed by atoms with Crippen LogP contribution >= 0.6 is 11.8 Å². The molecule has 0 saturated carbocycles. The molecule has 1 fully saturated rings. The van der Waals surface area contributed by atoms with Crippen LogP contribution in [-0.4, -0.2) is 68.4 Å². The number of benzene rings is 1. The molecule has 1 heterocycles. The van der Waals surface area contributed by atoms with Crippen LogP contribution < -0.4 is 5.32 Å². The van der Waals surface area contributed by atoms with Crippen molar-refractivity contribution in [2.24, 2.45) is 0 Å². The molecule has 20 heavy (non-hydrogen) atoms. The van der Waals surface area contributed by atoms with E-state index in [4.69, 9.17) is 0 Å². The highest BCUT2D eigenvalue weighted by Crippen LogP contribution is 2.17. The first-order valence-electron chi connectivity index (χ1n) is 7.55. The van der Waals surface area contributed by atoms with Crippen LogP contribution in [0.3, 0.4) is 0 Å². The van der Waals surface area contributed by atoms with Crippen molar-refractivity contribution in [3.05, 3.63) is 29.8 Å². The van der Waals surface area contributed by atoms with Gasteiger partial charge in [0.05, 0.1) is 0 Å². The fourth-order valence-electron chi connectivity index (χ4n) is 2.31. The molecular formula is C16H27N3S. The number of piperazine rings is 1. The van der Waals surface area contributed by atoms with Gasteiger partial charge >= 0.3 is 0 Å². The highest BCUT2D eigenvalue weighted by Gasteiger charge is 2.09. The van der Waals surface area contributed by atoms with Crippen molar-refractivity contribution in [1.82, 2.24) is 15.1 Å². The summed E-state index contributed by atoms with van der Waals surface area (Å²) >= 11 is 1.95. The summed E-state index contributed by atoms with van der Waals surface area (Å²) in [6.45, 7) is 10.4. The SMILES string of the molecule is Cc1ccc(SCCN(C)CCN2CCNCC2)cc1. The van der Waals surface area contributed by atoms with Gasteiger partial charge in [0.1, 0.15) is 0 Å². The summed E-state index contributed by atoms with van der Waals surface area (Å²) in [7, 11) is 2.23. The Bertz CT molecular complexity index is 374. The summed E-state index contributed by atoms with van der Waals surface area (Å²) in [5, 5.41) is 3.40. The molecule has 0 spiro atoms. The Balaban J connectivity index is 1.57. The van der Waals surface area contributed by atoms with Crippen LogP contribution in [0, 0.1) is 6.92 Å². The third-order valence-corrected chi connectivity index (χ3v) is 4.76. The average molecular weight is 293 g/mol. The largest absolute Gasteiger partial charge is 0.314 e. The number of likely N-dealkylation sites (N-methyl/N-ethyl adjacent to an activating group) is 1. The molecule has 1 aromatic carbocycles. The second-order valence-corrected chi connectivity index (χ2v) is 6.72. The normalized spacial score (nSPS) is 16.8. The third kappa shape index (κ3) is 5.83. The van der Waals surface area contributed by atoms with E-state index < -0.39 is 0 Å². The molecule has 1 aliphatic rings. The highest BCUT2D eigenvalue weighted by atomic mass is 32.2. The molecule has 4 heteroatoms. The molecule has 0 radical (unpaired) electrons. The van der Waals surface area contributed by atoms with Gasteiger partial charge in [-0.25, -0.2) is 0 Å². The van der Waals surface area contributed by atoms with E-state index in [0.717, 1.165) is 19.6 Å². The smallest absolute Gasteiger partial charge is 0.0110 e. The van der Waals surface area contributed by atoms with Crippen molar-refractivity contribution >= 4 is 11.8 Å². The van der Waals surface area contributed by atoms with Crippen LogP contribution in [-0.2, 0) is 0 Å². The van der Waals surface area contributed by atoms with Crippen molar-refractivity contribution in [2.45, 2.75) is 11.8 Å². The van der Waals surface area contributed by atoms with Gasteiger partial charge in [-0.05, 0) is 26.1 Å². The number of nitrogens with one attached hydrogen (secondary N) is 1. The van der Waals surface area contributed by atoms with E-state index in [2.05, 4.69) is 53.4 Å². The van der Waals surface area contributed by atoms with Gasteiger partial charge in [0.15, 0.2) is 0 Å². The van der Waals surface area contributed by atoms with Crippen molar-refractivity contribution in [3.8, 4) is 0 Å². The van der Waals surface area contributed by atoms with Crippen molar-refractivity contribution in [1.29, 1.82) is 0 Å². The fourth-order valence-corrected chi connectivity index (χ4v) is 3.28. The summed E-state index contributed by atoms with van der Waals surface area (Å²) < 4.78 is 0. The van der Waals surface area contributed by atoms with E-state index in [-0.39, 0.29) is 0 Å². The molecule has 2 rings (SSSR count). The van der Waals surface area contributed by atoms with E-state index in [9.17, 15) is 0 Å². The molecule has 1 N–H and O–H groups in total. The lowest BCUT2D eigenvalue weighted by atomic mass is 10.2. The standard InChI is InChI=1S/C16H27N3S/c1-15-3-5-16(6-4-15)20-14-13-18(2)11-12-19-9-7-17-8-10-19/h3-6,17H,7-14H2,1-2H3. The van der Waals surface area contributed by atoms with Crippen LogP contribution in [0.5, 0.6) is 0 Å². The summed E-state index contributed by atoms with van der Waals surface area (Å²) in [4.78, 5) is 6.38. The van der Waals surface area contributed by atoms with Gasteiger partial charge in [0.25, 0.3) is 0 Å². The molecule has 3 nitrogen and oxygen atoms in total. The molecule has 0 unspecified atom stereocenters. The van der Waals surface area contributed by atoms with Gasteiger partial charge in [0, 0.05) is 56.5 Å². The van der Waals surface area contributed by atoms with Crippen LogP contribution in [0.2, 0.25) is 0 Å². The van der Waals surface area contributed by atoms with Gasteiger partial charge < -0.3 is 10.2 Å². The zero-order valence-electron chi connectivity index (χ0n) is 12.8. The predicted octanol–water partition coefficient (Wildman–Crippen LogP) is 1.92. The molecule has 112 valence electrons. The predicted molar refractivity (Wildman–Crippen MR) is 88.7 cm³/mol. The molecule has 1 aliphatic heterocycles. The maximum absolute atomic E-state index is 3.40. The molecule has 0 aliphatic carbocycles. The Morgan fingerprint density at radius 2 is 1.85 bits per heavy atom. The Morgan fingerprint density at radius 1 is 1.15 bits per heavy atom. The number of thioether (sulfide) groups is 1. The first kappa shape index (κ1) is 15.8. The second-order valence-electron chi connectivity index (χ2n) is 5.56. The maximum atomic E-state index is 3.40. The molecule has 0 atom stereocenters. The van der Waals surface area contributed by atoms with Crippen molar-refractivity contribution in [2.75, 3.05) is 58.6 Å². The molecule has 1 saturated heterocycles. The lowest BCUT2D eigenvalue weighted by molar-refractivity contribution is 0.209. The number of aryl methyl sites for hydroxylation is 1. The first-order chi connectivity index (χ1) is 9.74. The number of hydrogen-bond acceptors (Lipinski definition) is 4. The topological polar surface area (TPSA) is 18.5 Å². The number of rotatable bonds is 7. The minimum absolute atomic E-state index is 1.15. The average Bonchev–Trinajstić information content (AvgIpc) is 2.48. The van der Waals surface area contributed by atoms with Crippen LogP contribution in [0.4, 0.5) is 0 Å². The first-order valence-corrected chi connectivity index (χ1v) is 8.54. The fraction of sp³-hybridized carbons (Fsp3) is 0.625. The number of nitrogens with zero attached hydrogens (tertiary/aromatic N) is 2. The molecule has 0 amide bonds. The number of hydrogen-bond donors (Lipinski definition) is 1. The van der Waals surface area contributed by atoms with Crippen molar-refractivity contribution < 1.29 is 0 Å². The third-order valence-electron chi connectivity index (χ3n) is 3.77. The minimum atomic E-state index is 1.15.